The highest BCUT2D eigenvalue weighted by Gasteiger charge is 2.29. The topological polar surface area (TPSA) is 46.5 Å². The fraction of sp³-hybridized carbons (Fsp3) is 0.889. The van der Waals surface area contributed by atoms with E-state index in [0.717, 1.165) is 25.4 Å². The molecule has 0 aromatic heterocycles. The number of thioether (sulfide) groups is 1. The van der Waals surface area contributed by atoms with E-state index in [9.17, 15) is 4.79 Å². The van der Waals surface area contributed by atoms with Crippen LogP contribution in [0.4, 0.5) is 0 Å². The Morgan fingerprint density at radius 2 is 2.38 bits per heavy atom. The minimum atomic E-state index is -0.739. The van der Waals surface area contributed by atoms with Gasteiger partial charge in [-0.15, -0.1) is 11.8 Å². The number of rotatable bonds is 4. The van der Waals surface area contributed by atoms with Gasteiger partial charge < -0.3 is 9.84 Å². The largest absolute Gasteiger partial charge is 0.480 e. The summed E-state index contributed by atoms with van der Waals surface area (Å²) in [4.78, 5) is 10.8. The van der Waals surface area contributed by atoms with E-state index in [1.165, 1.54) is 11.8 Å². The normalized spacial score (nSPS) is 23.4. The zero-order valence-corrected chi connectivity index (χ0v) is 8.89. The molecule has 0 aromatic rings. The van der Waals surface area contributed by atoms with Crippen LogP contribution >= 0.6 is 11.8 Å². The molecular formula is C9H16O3S. The maximum Gasteiger partial charge on any atom is 0.319 e. The Kier molecular flexibility index (Phi) is 3.62. The van der Waals surface area contributed by atoms with Gasteiger partial charge >= 0.3 is 5.97 Å². The molecule has 1 atom stereocenters. The molecule has 0 spiro atoms. The predicted octanol–water partition coefficient (Wildman–Crippen LogP) is 1.62. The quantitative estimate of drug-likeness (QED) is 0.756. The molecule has 1 aliphatic rings. The Morgan fingerprint density at radius 1 is 1.69 bits per heavy atom. The second-order valence-electron chi connectivity index (χ2n) is 3.86. The van der Waals surface area contributed by atoms with Gasteiger partial charge in [0.05, 0.1) is 6.61 Å². The molecule has 0 bridgehead atoms. The van der Waals surface area contributed by atoms with Crippen molar-refractivity contribution in [1.29, 1.82) is 0 Å². The Bertz CT molecular complexity index is 185. The van der Waals surface area contributed by atoms with Crippen LogP contribution in [0.25, 0.3) is 0 Å². The third-order valence-corrected chi connectivity index (χ3v) is 3.75. The summed E-state index contributed by atoms with van der Waals surface area (Å²) in [6.45, 7) is 5.12. The van der Waals surface area contributed by atoms with Gasteiger partial charge in [0.15, 0.2) is 0 Å². The van der Waals surface area contributed by atoms with Gasteiger partial charge in [0.25, 0.3) is 0 Å². The third kappa shape index (κ3) is 3.19. The van der Waals surface area contributed by atoms with E-state index in [4.69, 9.17) is 9.84 Å². The average Bonchev–Trinajstić information content (AvgIpc) is 2.52. The van der Waals surface area contributed by atoms with Crippen LogP contribution in [0.3, 0.4) is 0 Å². The van der Waals surface area contributed by atoms with E-state index in [1.807, 2.05) is 0 Å². The zero-order chi connectivity index (χ0) is 9.90. The van der Waals surface area contributed by atoms with Gasteiger partial charge in [0, 0.05) is 6.61 Å². The Morgan fingerprint density at radius 3 is 2.85 bits per heavy atom. The first-order valence-corrected chi connectivity index (χ1v) is 5.46. The molecule has 4 heteroatoms. The predicted molar refractivity (Wildman–Crippen MR) is 53.1 cm³/mol. The van der Waals surface area contributed by atoms with Crippen molar-refractivity contribution in [3.63, 3.8) is 0 Å². The minimum Gasteiger partial charge on any atom is -0.480 e. The van der Waals surface area contributed by atoms with Crippen molar-refractivity contribution in [2.45, 2.75) is 25.0 Å². The number of carbonyl (C=O) groups is 1. The minimum absolute atomic E-state index is 0.545. The van der Waals surface area contributed by atoms with Crippen LogP contribution in [0, 0.1) is 5.92 Å². The van der Waals surface area contributed by atoms with Crippen molar-refractivity contribution in [3.8, 4) is 0 Å². The molecule has 0 radical (unpaired) electrons. The summed E-state index contributed by atoms with van der Waals surface area (Å²) in [5.41, 5.74) is 0. The van der Waals surface area contributed by atoms with Crippen LogP contribution in [0.2, 0.25) is 0 Å². The molecule has 1 fully saturated rings. The van der Waals surface area contributed by atoms with Crippen LogP contribution in [0.1, 0.15) is 20.3 Å². The summed E-state index contributed by atoms with van der Waals surface area (Å²) >= 11 is 1.50. The fourth-order valence-corrected chi connectivity index (χ4v) is 2.14. The maximum atomic E-state index is 10.8. The maximum absolute atomic E-state index is 10.8. The molecular weight excluding hydrogens is 188 g/mol. The first-order chi connectivity index (χ1) is 6.02. The van der Waals surface area contributed by atoms with Crippen molar-refractivity contribution in [3.05, 3.63) is 0 Å². The highest BCUT2D eigenvalue weighted by atomic mass is 32.2. The van der Waals surface area contributed by atoms with Gasteiger partial charge in [-0.1, -0.05) is 0 Å². The first kappa shape index (κ1) is 10.9. The van der Waals surface area contributed by atoms with Crippen LogP contribution < -0.4 is 0 Å². The molecule has 1 unspecified atom stereocenters. The number of carboxylic acid groups (broad SMARTS) is 1. The Hall–Kier alpha value is -0.220. The average molecular weight is 204 g/mol. The van der Waals surface area contributed by atoms with E-state index in [1.54, 1.807) is 13.8 Å². The molecule has 0 aliphatic carbocycles. The summed E-state index contributed by atoms with van der Waals surface area (Å²) in [7, 11) is 0. The number of ether oxygens (including phenoxy) is 1. The van der Waals surface area contributed by atoms with Crippen molar-refractivity contribution >= 4 is 17.7 Å². The Labute approximate surface area is 82.8 Å². The lowest BCUT2D eigenvalue weighted by atomic mass is 10.2. The molecule has 13 heavy (non-hydrogen) atoms. The van der Waals surface area contributed by atoms with E-state index < -0.39 is 10.7 Å². The Balaban J connectivity index is 2.28. The van der Waals surface area contributed by atoms with E-state index in [-0.39, 0.29) is 0 Å². The lowest BCUT2D eigenvalue weighted by molar-refractivity contribution is -0.138. The van der Waals surface area contributed by atoms with Crippen LogP contribution in [0.15, 0.2) is 0 Å². The van der Waals surface area contributed by atoms with E-state index in [2.05, 4.69) is 0 Å². The standard InChI is InChI=1S/C9H16O3S/c1-9(2,8(10)11)13-6-7-3-4-12-5-7/h7H,3-6H2,1-2H3,(H,10,11). The molecule has 76 valence electrons. The van der Waals surface area contributed by atoms with Gasteiger partial charge in [-0.05, 0) is 31.9 Å². The molecule has 3 nitrogen and oxygen atoms in total. The molecule has 0 saturated carbocycles. The number of hydrogen-bond acceptors (Lipinski definition) is 3. The van der Waals surface area contributed by atoms with E-state index >= 15 is 0 Å². The van der Waals surface area contributed by atoms with Crippen molar-refractivity contribution in [2.24, 2.45) is 5.92 Å². The number of carboxylic acids is 1. The van der Waals surface area contributed by atoms with Crippen LogP contribution in [-0.4, -0.2) is 34.8 Å². The molecule has 0 aromatic carbocycles. The summed E-state index contributed by atoms with van der Waals surface area (Å²) in [6.07, 6.45) is 1.07. The monoisotopic (exact) mass is 204 g/mol. The number of aliphatic carboxylic acids is 1. The lowest BCUT2D eigenvalue weighted by Gasteiger charge is -2.19. The van der Waals surface area contributed by atoms with Crippen LogP contribution in [-0.2, 0) is 9.53 Å². The summed E-state index contributed by atoms with van der Waals surface area (Å²) in [5.74, 6) is 0.694. The number of hydrogen-bond donors (Lipinski definition) is 1. The van der Waals surface area contributed by atoms with Gasteiger partial charge in [-0.25, -0.2) is 0 Å². The second kappa shape index (κ2) is 4.33. The second-order valence-corrected chi connectivity index (χ2v) is 5.50. The molecule has 1 saturated heterocycles. The van der Waals surface area contributed by atoms with Crippen molar-refractivity contribution in [1.82, 2.24) is 0 Å². The van der Waals surface area contributed by atoms with Gasteiger partial charge in [-0.2, -0.15) is 0 Å². The molecule has 1 N–H and O–H groups in total. The molecule has 1 heterocycles. The molecule has 1 rings (SSSR count). The van der Waals surface area contributed by atoms with Gasteiger partial charge in [-0.3, -0.25) is 4.79 Å². The first-order valence-electron chi connectivity index (χ1n) is 4.47. The highest BCUT2D eigenvalue weighted by Crippen LogP contribution is 2.29. The van der Waals surface area contributed by atoms with Gasteiger partial charge in [0.1, 0.15) is 4.75 Å². The summed E-state index contributed by atoms with van der Waals surface area (Å²) < 4.78 is 4.56. The molecule has 0 amide bonds. The third-order valence-electron chi connectivity index (χ3n) is 2.22. The fourth-order valence-electron chi connectivity index (χ4n) is 1.10. The van der Waals surface area contributed by atoms with Crippen LogP contribution in [0.5, 0.6) is 0 Å². The summed E-state index contributed by atoms with van der Waals surface area (Å²) in [5, 5.41) is 8.86. The van der Waals surface area contributed by atoms with Gasteiger partial charge in [0.2, 0.25) is 0 Å². The SMILES string of the molecule is CC(C)(SCC1CCOC1)C(=O)O. The van der Waals surface area contributed by atoms with Crippen molar-refractivity contribution in [2.75, 3.05) is 19.0 Å². The zero-order valence-electron chi connectivity index (χ0n) is 8.08. The molecule has 1 aliphatic heterocycles. The van der Waals surface area contributed by atoms with Crippen molar-refractivity contribution < 1.29 is 14.6 Å². The summed E-state index contributed by atoms with van der Waals surface area (Å²) in [6, 6.07) is 0. The smallest absolute Gasteiger partial charge is 0.319 e. The highest BCUT2D eigenvalue weighted by molar-refractivity contribution is 8.01. The van der Waals surface area contributed by atoms with E-state index in [0.29, 0.717) is 5.92 Å². The lowest BCUT2D eigenvalue weighted by Crippen LogP contribution is -2.28.